The van der Waals surface area contributed by atoms with Crippen molar-refractivity contribution in [3.05, 3.63) is 70.4 Å². The average Bonchev–Trinajstić information content (AvgIpc) is 3.13. The Morgan fingerprint density at radius 3 is 2.71 bits per heavy atom. The fourth-order valence-electron chi connectivity index (χ4n) is 3.51. The van der Waals surface area contributed by atoms with Gasteiger partial charge in [-0.1, -0.05) is 30.3 Å². The van der Waals surface area contributed by atoms with Crippen LogP contribution in [0.25, 0.3) is 11.1 Å². The zero-order valence-electron chi connectivity index (χ0n) is 16.6. The van der Waals surface area contributed by atoms with E-state index in [1.165, 1.54) is 6.20 Å². The molecule has 31 heavy (non-hydrogen) atoms. The van der Waals surface area contributed by atoms with E-state index < -0.39 is 11.0 Å². The van der Waals surface area contributed by atoms with Gasteiger partial charge in [0, 0.05) is 36.9 Å². The first-order chi connectivity index (χ1) is 15.0. The van der Waals surface area contributed by atoms with Gasteiger partial charge in [0.05, 0.1) is 0 Å². The Bertz CT molecular complexity index is 1100. The van der Waals surface area contributed by atoms with Gasteiger partial charge in [0.2, 0.25) is 0 Å². The van der Waals surface area contributed by atoms with Gasteiger partial charge in [-0.15, -0.1) is 0 Å². The summed E-state index contributed by atoms with van der Waals surface area (Å²) in [6.07, 6.45) is 0.312. The van der Waals surface area contributed by atoms with Gasteiger partial charge in [-0.3, -0.25) is 14.8 Å². The Labute approximate surface area is 177 Å². The largest absolute Gasteiger partial charge is 0.465 e. The summed E-state index contributed by atoms with van der Waals surface area (Å²) in [5.41, 5.74) is 3.68. The molecule has 1 amide bonds. The van der Waals surface area contributed by atoms with E-state index >= 15 is 0 Å². The number of hydrogen-bond acceptors (Lipinski definition) is 6. The first-order valence-corrected chi connectivity index (χ1v) is 9.74. The molecule has 0 bridgehead atoms. The van der Waals surface area contributed by atoms with Gasteiger partial charge in [-0.05, 0) is 39.8 Å². The highest BCUT2D eigenvalue weighted by Crippen LogP contribution is 2.24. The van der Waals surface area contributed by atoms with Gasteiger partial charge in [-0.2, -0.15) is 0 Å². The minimum atomic E-state index is -1.09. The normalized spacial score (nSPS) is 14.1. The Hall–Kier alpha value is -3.92. The van der Waals surface area contributed by atoms with Crippen LogP contribution >= 0.6 is 0 Å². The van der Waals surface area contributed by atoms with Crippen LogP contribution in [0, 0.1) is 10.1 Å². The molecule has 0 saturated heterocycles. The molecular formula is C21H21N5O5. The van der Waals surface area contributed by atoms with E-state index in [-0.39, 0.29) is 11.8 Å². The van der Waals surface area contributed by atoms with E-state index in [2.05, 4.69) is 27.3 Å². The maximum Gasteiger partial charge on any atom is 0.414 e. The Balaban J connectivity index is 1.43. The molecule has 0 saturated carbocycles. The van der Waals surface area contributed by atoms with Gasteiger partial charge in [0.15, 0.2) is 0 Å². The summed E-state index contributed by atoms with van der Waals surface area (Å²) in [6, 6.07) is 15.7. The van der Waals surface area contributed by atoms with Gasteiger partial charge < -0.3 is 20.0 Å². The quantitative estimate of drug-likeness (QED) is 0.476. The Morgan fingerprint density at radius 2 is 1.97 bits per heavy atom. The summed E-state index contributed by atoms with van der Waals surface area (Å²) in [7, 11) is 0. The number of benzene rings is 2. The number of nitro groups is 1. The molecule has 0 spiro atoms. The van der Waals surface area contributed by atoms with Gasteiger partial charge in [-0.25, -0.2) is 4.79 Å². The van der Waals surface area contributed by atoms with Crippen LogP contribution in [0.3, 0.4) is 0 Å². The monoisotopic (exact) mass is 423 g/mol. The number of nitrogens with zero attached hydrogens (tertiary/aromatic N) is 4. The lowest BCUT2D eigenvalue weighted by molar-refractivity contribution is -0.389. The van der Waals surface area contributed by atoms with Crippen LogP contribution in [0.2, 0.25) is 0 Å². The van der Waals surface area contributed by atoms with Gasteiger partial charge >= 0.3 is 17.9 Å². The molecule has 4 rings (SSSR count). The van der Waals surface area contributed by atoms with Crippen molar-refractivity contribution < 1.29 is 19.6 Å². The molecule has 10 heteroatoms. The van der Waals surface area contributed by atoms with Crippen LogP contribution in [0.5, 0.6) is 6.01 Å². The number of carbonyl (C=O) groups is 1. The zero-order valence-corrected chi connectivity index (χ0v) is 16.6. The lowest BCUT2D eigenvalue weighted by Gasteiger charge is -2.24. The van der Waals surface area contributed by atoms with Crippen molar-refractivity contribution in [3.63, 3.8) is 0 Å². The molecule has 1 aliphatic heterocycles. The van der Waals surface area contributed by atoms with E-state index in [1.807, 2.05) is 24.3 Å². The lowest BCUT2D eigenvalue weighted by atomic mass is 10.0. The molecule has 10 nitrogen and oxygen atoms in total. The third kappa shape index (κ3) is 4.98. The minimum absolute atomic E-state index is 0.208. The summed E-state index contributed by atoms with van der Waals surface area (Å²) >= 11 is 0. The van der Waals surface area contributed by atoms with Crippen LogP contribution in [0.1, 0.15) is 5.56 Å². The summed E-state index contributed by atoms with van der Waals surface area (Å²) in [5.74, 6) is -0.208. The van der Waals surface area contributed by atoms with Crippen LogP contribution in [0.15, 0.2) is 54.7 Å². The van der Waals surface area contributed by atoms with E-state index in [0.29, 0.717) is 38.5 Å². The molecule has 1 aliphatic rings. The molecule has 2 heterocycles. The summed E-state index contributed by atoms with van der Waals surface area (Å²) in [6.45, 7) is 3.05. The van der Waals surface area contributed by atoms with Crippen LogP contribution < -0.4 is 10.1 Å². The first-order valence-electron chi connectivity index (χ1n) is 9.74. The van der Waals surface area contributed by atoms with E-state index in [4.69, 9.17) is 9.84 Å². The molecular weight excluding hydrogens is 402 g/mol. The van der Waals surface area contributed by atoms with Crippen LogP contribution in [-0.2, 0) is 13.1 Å². The van der Waals surface area contributed by atoms with Gasteiger partial charge in [0.1, 0.15) is 12.8 Å². The van der Waals surface area contributed by atoms with Crippen molar-refractivity contribution in [3.8, 4) is 17.1 Å². The highest BCUT2D eigenvalue weighted by molar-refractivity contribution is 5.83. The third-order valence-electron chi connectivity index (χ3n) is 5.01. The van der Waals surface area contributed by atoms with Crippen LogP contribution in [-0.4, -0.2) is 50.3 Å². The summed E-state index contributed by atoms with van der Waals surface area (Å²) < 4.78 is 7.29. The van der Waals surface area contributed by atoms with E-state index in [9.17, 15) is 14.9 Å². The maximum absolute atomic E-state index is 10.9. The number of aromatic nitrogens is 2. The smallest absolute Gasteiger partial charge is 0.414 e. The highest BCUT2D eigenvalue weighted by atomic mass is 16.6. The predicted octanol–water partition coefficient (Wildman–Crippen LogP) is 3.44. The number of rotatable bonds is 5. The molecule has 2 aromatic carbocycles. The molecule has 0 atom stereocenters. The molecule has 160 valence electrons. The number of carboxylic acid groups (broad SMARTS) is 1. The third-order valence-corrected chi connectivity index (χ3v) is 5.01. The van der Waals surface area contributed by atoms with Crippen molar-refractivity contribution in [1.82, 2.24) is 14.5 Å². The fourth-order valence-corrected chi connectivity index (χ4v) is 3.51. The maximum atomic E-state index is 10.9. The van der Waals surface area contributed by atoms with Crippen molar-refractivity contribution in [2.45, 2.75) is 13.1 Å². The second-order valence-electron chi connectivity index (χ2n) is 7.16. The molecule has 3 aromatic rings. The number of nitrogens with one attached hydrogen (secondary N) is 1. The SMILES string of the molecule is O=C(O)Nc1ccc(-c2cccc(CN3CCOc4nc([N+](=O)[O-])cn4CC3)c2)cc1. The van der Waals surface area contributed by atoms with Crippen molar-refractivity contribution in [1.29, 1.82) is 0 Å². The van der Waals surface area contributed by atoms with Crippen molar-refractivity contribution in [2.75, 3.05) is 25.0 Å². The number of amides is 1. The van der Waals surface area contributed by atoms with Crippen molar-refractivity contribution in [2.24, 2.45) is 0 Å². The number of anilines is 1. The molecule has 2 N–H and O–H groups in total. The van der Waals surface area contributed by atoms with Crippen LogP contribution in [0.4, 0.5) is 16.3 Å². The fraction of sp³-hybridized carbons (Fsp3) is 0.238. The summed E-state index contributed by atoms with van der Waals surface area (Å²) in [4.78, 5) is 27.3. The van der Waals surface area contributed by atoms with Gasteiger partial charge in [0.25, 0.3) is 0 Å². The molecule has 1 aromatic heterocycles. The number of imidazole rings is 1. The molecule has 0 aliphatic carbocycles. The second-order valence-corrected chi connectivity index (χ2v) is 7.16. The van der Waals surface area contributed by atoms with E-state index in [0.717, 1.165) is 16.7 Å². The predicted molar refractivity (Wildman–Crippen MR) is 113 cm³/mol. The average molecular weight is 423 g/mol. The standard InChI is InChI=1S/C21H21N5O5/c27-21(28)22-18-6-4-16(5-7-18)17-3-1-2-15(12-17)13-24-8-9-25-14-19(26(29)30)23-20(25)31-11-10-24/h1-7,12,14,22H,8-11,13H2,(H,27,28). The van der Waals surface area contributed by atoms with E-state index in [1.54, 1.807) is 16.7 Å². The molecule has 0 radical (unpaired) electrons. The summed E-state index contributed by atoms with van der Waals surface area (Å²) in [5, 5.41) is 22.1. The number of ether oxygens (including phenoxy) is 1. The zero-order chi connectivity index (χ0) is 21.8. The highest BCUT2D eigenvalue weighted by Gasteiger charge is 2.22. The number of hydrogen-bond donors (Lipinski definition) is 2. The number of fused-ring (bicyclic) bond motifs is 1. The minimum Gasteiger partial charge on any atom is -0.465 e. The lowest BCUT2D eigenvalue weighted by Crippen LogP contribution is -2.33. The van der Waals surface area contributed by atoms with Crippen molar-refractivity contribution >= 4 is 17.6 Å². The molecule has 0 fully saturated rings. The topological polar surface area (TPSA) is 123 Å². The Morgan fingerprint density at radius 1 is 1.16 bits per heavy atom. The molecule has 0 unspecified atom stereocenters. The second kappa shape index (κ2) is 8.84. The first kappa shape index (κ1) is 20.4. The Kier molecular flexibility index (Phi) is 5.80.